The number of likely N-dealkylation sites (N-methyl/N-ethyl adjacent to an activating group) is 1. The van der Waals surface area contributed by atoms with E-state index in [-0.39, 0.29) is 0 Å². The minimum Gasteiger partial charge on any atom is -0.489 e. The van der Waals surface area contributed by atoms with Crippen LogP contribution in [0.5, 0.6) is 5.75 Å². The average Bonchev–Trinajstić information content (AvgIpc) is 3.06. The summed E-state index contributed by atoms with van der Waals surface area (Å²) in [7, 11) is 1.98. The number of hydrogen-bond donors (Lipinski definition) is 1. The van der Waals surface area contributed by atoms with Gasteiger partial charge in [0.1, 0.15) is 18.5 Å². The van der Waals surface area contributed by atoms with Crippen LogP contribution in [-0.4, -0.2) is 43.8 Å². The Hall–Kier alpha value is -1.91. The third kappa shape index (κ3) is 5.55. The van der Waals surface area contributed by atoms with Crippen LogP contribution in [0.2, 0.25) is 0 Å². The predicted molar refractivity (Wildman–Crippen MR) is 99.7 cm³/mol. The fraction of sp³-hybridized carbons (Fsp3) is 0.429. The van der Waals surface area contributed by atoms with Gasteiger partial charge in [-0.15, -0.1) is 0 Å². The van der Waals surface area contributed by atoms with Crippen molar-refractivity contribution in [2.45, 2.75) is 31.7 Å². The minimum atomic E-state index is -0.654. The van der Waals surface area contributed by atoms with Gasteiger partial charge in [0.25, 0.3) is 0 Å². The van der Waals surface area contributed by atoms with E-state index in [0.29, 0.717) is 25.6 Å². The van der Waals surface area contributed by atoms with Crippen molar-refractivity contribution >= 4 is 0 Å². The summed E-state index contributed by atoms with van der Waals surface area (Å²) in [5.41, 5.74) is 2.43. The predicted octanol–water partition coefficient (Wildman–Crippen LogP) is 3.44. The highest BCUT2D eigenvalue weighted by Crippen LogP contribution is 2.17. The monoisotopic (exact) mass is 342 g/mol. The highest BCUT2D eigenvalue weighted by Gasteiger charge is 2.23. The standard InChI is InChI=1S/C21H27FN2O/c1-23-20(15-24-12-11-19(22)14-24)13-17-7-9-21(10-8-17)25-16-18-5-3-2-4-6-18/h2-10,19-20,23H,11-16H2,1H3. The van der Waals surface area contributed by atoms with E-state index in [9.17, 15) is 4.39 Å². The zero-order chi connectivity index (χ0) is 17.5. The lowest BCUT2D eigenvalue weighted by atomic mass is 10.1. The van der Waals surface area contributed by atoms with Crippen molar-refractivity contribution in [2.24, 2.45) is 0 Å². The lowest BCUT2D eigenvalue weighted by molar-refractivity contribution is 0.264. The largest absolute Gasteiger partial charge is 0.489 e. The Kier molecular flexibility index (Phi) is 6.42. The number of alkyl halides is 1. The van der Waals surface area contributed by atoms with Gasteiger partial charge in [0.05, 0.1) is 0 Å². The number of halogens is 1. The molecule has 2 aromatic carbocycles. The lowest BCUT2D eigenvalue weighted by Crippen LogP contribution is -2.40. The van der Waals surface area contributed by atoms with E-state index in [1.54, 1.807) is 0 Å². The number of ether oxygens (including phenoxy) is 1. The third-order valence-corrected chi connectivity index (χ3v) is 4.76. The zero-order valence-electron chi connectivity index (χ0n) is 14.8. The van der Waals surface area contributed by atoms with Gasteiger partial charge in [-0.25, -0.2) is 4.39 Å². The van der Waals surface area contributed by atoms with Gasteiger partial charge in [-0.1, -0.05) is 42.5 Å². The van der Waals surface area contributed by atoms with E-state index < -0.39 is 6.17 Å². The van der Waals surface area contributed by atoms with Gasteiger partial charge in [0.2, 0.25) is 0 Å². The smallest absolute Gasteiger partial charge is 0.119 e. The molecule has 1 saturated heterocycles. The fourth-order valence-corrected chi connectivity index (χ4v) is 3.27. The fourth-order valence-electron chi connectivity index (χ4n) is 3.27. The molecular weight excluding hydrogens is 315 g/mol. The van der Waals surface area contributed by atoms with Crippen molar-refractivity contribution in [3.63, 3.8) is 0 Å². The van der Waals surface area contributed by atoms with E-state index in [0.717, 1.165) is 25.3 Å². The van der Waals surface area contributed by atoms with Crippen molar-refractivity contribution in [3.8, 4) is 5.75 Å². The Morgan fingerprint density at radius 2 is 1.88 bits per heavy atom. The Bertz CT molecular complexity index is 632. The van der Waals surface area contributed by atoms with E-state index in [2.05, 4.69) is 34.5 Å². The normalized spacial score (nSPS) is 19.0. The number of nitrogens with zero attached hydrogens (tertiary/aromatic N) is 1. The van der Waals surface area contributed by atoms with Gasteiger partial charge in [-0.3, -0.25) is 4.90 Å². The van der Waals surface area contributed by atoms with Crippen LogP contribution >= 0.6 is 0 Å². The van der Waals surface area contributed by atoms with Crippen LogP contribution in [0, 0.1) is 0 Å². The summed E-state index contributed by atoms with van der Waals surface area (Å²) in [5, 5.41) is 3.36. The molecule has 0 amide bonds. The maximum absolute atomic E-state index is 13.3. The summed E-state index contributed by atoms with van der Waals surface area (Å²) in [5.74, 6) is 0.883. The van der Waals surface area contributed by atoms with Crippen molar-refractivity contribution in [2.75, 3.05) is 26.7 Å². The Morgan fingerprint density at radius 3 is 2.52 bits per heavy atom. The van der Waals surface area contributed by atoms with Crippen LogP contribution in [-0.2, 0) is 13.0 Å². The molecule has 3 nitrogen and oxygen atoms in total. The summed E-state index contributed by atoms with van der Waals surface area (Å²) < 4.78 is 19.2. The zero-order valence-corrected chi connectivity index (χ0v) is 14.8. The first-order valence-corrected chi connectivity index (χ1v) is 9.02. The average molecular weight is 342 g/mol. The van der Waals surface area contributed by atoms with Gasteiger partial charge in [0, 0.05) is 25.7 Å². The molecular formula is C21H27FN2O. The molecule has 0 aromatic heterocycles. The Morgan fingerprint density at radius 1 is 1.12 bits per heavy atom. The second-order valence-electron chi connectivity index (χ2n) is 6.75. The molecule has 0 aliphatic carbocycles. The summed E-state index contributed by atoms with van der Waals surface area (Å²) in [4.78, 5) is 2.21. The Balaban J connectivity index is 1.49. The third-order valence-electron chi connectivity index (χ3n) is 4.76. The summed E-state index contributed by atoms with van der Waals surface area (Å²) in [6, 6.07) is 18.8. The molecule has 1 heterocycles. The molecule has 134 valence electrons. The van der Waals surface area contributed by atoms with Gasteiger partial charge in [0.15, 0.2) is 0 Å². The quantitative estimate of drug-likeness (QED) is 0.795. The first-order chi connectivity index (χ1) is 12.2. The van der Waals surface area contributed by atoms with Crippen molar-refractivity contribution in [1.29, 1.82) is 0 Å². The number of likely N-dealkylation sites (tertiary alicyclic amines) is 1. The van der Waals surface area contributed by atoms with Crippen LogP contribution in [0.15, 0.2) is 54.6 Å². The lowest BCUT2D eigenvalue weighted by Gasteiger charge is -2.23. The minimum absolute atomic E-state index is 0.335. The highest BCUT2D eigenvalue weighted by molar-refractivity contribution is 5.28. The van der Waals surface area contributed by atoms with Gasteiger partial charge in [-0.05, 0) is 43.1 Å². The number of rotatable bonds is 8. The SMILES string of the molecule is CNC(Cc1ccc(OCc2ccccc2)cc1)CN1CCC(F)C1. The van der Waals surface area contributed by atoms with Crippen LogP contribution < -0.4 is 10.1 Å². The number of benzene rings is 2. The highest BCUT2D eigenvalue weighted by atomic mass is 19.1. The van der Waals surface area contributed by atoms with E-state index >= 15 is 0 Å². The molecule has 25 heavy (non-hydrogen) atoms. The first kappa shape index (κ1) is 17.9. The topological polar surface area (TPSA) is 24.5 Å². The van der Waals surface area contributed by atoms with Crippen LogP contribution in [0.25, 0.3) is 0 Å². The van der Waals surface area contributed by atoms with Crippen molar-refractivity contribution in [1.82, 2.24) is 10.2 Å². The molecule has 1 fully saturated rings. The van der Waals surface area contributed by atoms with E-state index in [4.69, 9.17) is 4.74 Å². The molecule has 1 aliphatic rings. The van der Waals surface area contributed by atoms with Crippen LogP contribution in [0.1, 0.15) is 17.5 Å². The molecule has 0 bridgehead atoms. The Labute approximate surface area is 149 Å². The van der Waals surface area contributed by atoms with E-state index in [1.807, 2.05) is 37.4 Å². The molecule has 1 aliphatic heterocycles. The van der Waals surface area contributed by atoms with Gasteiger partial charge < -0.3 is 10.1 Å². The first-order valence-electron chi connectivity index (χ1n) is 9.02. The number of hydrogen-bond acceptors (Lipinski definition) is 3. The summed E-state index contributed by atoms with van der Waals surface area (Å²) in [6.07, 6.45) is 0.950. The summed E-state index contributed by atoms with van der Waals surface area (Å²) in [6.45, 7) is 2.91. The van der Waals surface area contributed by atoms with E-state index in [1.165, 1.54) is 11.1 Å². The van der Waals surface area contributed by atoms with Crippen LogP contribution in [0.4, 0.5) is 4.39 Å². The summed E-state index contributed by atoms with van der Waals surface area (Å²) >= 11 is 0. The second-order valence-corrected chi connectivity index (χ2v) is 6.75. The van der Waals surface area contributed by atoms with Gasteiger partial charge >= 0.3 is 0 Å². The molecule has 4 heteroatoms. The number of nitrogens with one attached hydrogen (secondary N) is 1. The van der Waals surface area contributed by atoms with Gasteiger partial charge in [-0.2, -0.15) is 0 Å². The molecule has 1 N–H and O–H groups in total. The molecule has 0 spiro atoms. The molecule has 2 unspecified atom stereocenters. The molecule has 3 rings (SSSR count). The molecule has 0 saturated carbocycles. The van der Waals surface area contributed by atoms with Crippen LogP contribution in [0.3, 0.4) is 0 Å². The molecule has 0 radical (unpaired) electrons. The maximum atomic E-state index is 13.3. The molecule has 2 aromatic rings. The van der Waals surface area contributed by atoms with Crippen molar-refractivity contribution in [3.05, 3.63) is 65.7 Å². The second kappa shape index (κ2) is 8.97. The van der Waals surface area contributed by atoms with Crippen molar-refractivity contribution < 1.29 is 9.13 Å². The molecule has 2 atom stereocenters. The maximum Gasteiger partial charge on any atom is 0.119 e.